The maximum absolute atomic E-state index is 12.4. The molecule has 1 aromatic rings. The molecule has 2 N–H and O–H groups in total. The van der Waals surface area contributed by atoms with E-state index in [0.29, 0.717) is 12.0 Å². The van der Waals surface area contributed by atoms with Crippen molar-refractivity contribution in [3.63, 3.8) is 0 Å². The highest BCUT2D eigenvalue weighted by Crippen LogP contribution is 2.24. The fourth-order valence-corrected chi connectivity index (χ4v) is 3.13. The zero-order chi connectivity index (χ0) is 15.4. The Morgan fingerprint density at radius 1 is 1.05 bits per heavy atom. The molecule has 114 valence electrons. The highest BCUT2D eigenvalue weighted by Gasteiger charge is 2.30. The van der Waals surface area contributed by atoms with Gasteiger partial charge in [0.2, 0.25) is 0 Å². The fourth-order valence-electron chi connectivity index (χ4n) is 3.13. The molecule has 0 bridgehead atoms. The van der Waals surface area contributed by atoms with Gasteiger partial charge in [0.05, 0.1) is 5.92 Å². The Morgan fingerprint density at radius 3 is 2.29 bits per heavy atom. The van der Waals surface area contributed by atoms with Crippen LogP contribution in [0, 0.1) is 19.8 Å². The van der Waals surface area contributed by atoms with E-state index in [2.05, 4.69) is 5.32 Å². The molecule has 1 amide bonds. The topological polar surface area (TPSA) is 66.4 Å². The van der Waals surface area contributed by atoms with E-state index in [1.165, 1.54) is 0 Å². The van der Waals surface area contributed by atoms with E-state index in [-0.39, 0.29) is 11.9 Å². The number of aliphatic carboxylic acids is 1. The van der Waals surface area contributed by atoms with Crippen LogP contribution >= 0.6 is 0 Å². The number of carbonyl (C=O) groups excluding carboxylic acids is 1. The molecule has 0 aliphatic heterocycles. The summed E-state index contributed by atoms with van der Waals surface area (Å²) >= 11 is 0. The molecule has 0 aromatic heterocycles. The van der Waals surface area contributed by atoms with Crippen LogP contribution in [0.2, 0.25) is 0 Å². The first kappa shape index (κ1) is 15.5. The van der Waals surface area contributed by atoms with E-state index in [1.807, 2.05) is 32.0 Å². The molecule has 1 aromatic carbocycles. The Labute approximate surface area is 125 Å². The van der Waals surface area contributed by atoms with Crippen LogP contribution in [0.15, 0.2) is 18.2 Å². The van der Waals surface area contributed by atoms with Gasteiger partial charge >= 0.3 is 5.97 Å². The third-order valence-electron chi connectivity index (χ3n) is 4.13. The minimum absolute atomic E-state index is 0.167. The van der Waals surface area contributed by atoms with Crippen LogP contribution in [0.5, 0.6) is 0 Å². The first-order valence-corrected chi connectivity index (χ1v) is 7.59. The Bertz CT molecular complexity index is 519. The van der Waals surface area contributed by atoms with Crippen molar-refractivity contribution >= 4 is 11.9 Å². The molecule has 1 aliphatic carbocycles. The lowest BCUT2D eigenvalue weighted by Crippen LogP contribution is -2.42. The van der Waals surface area contributed by atoms with Gasteiger partial charge in [-0.3, -0.25) is 9.59 Å². The predicted octanol–water partition coefficient (Wildman–Crippen LogP) is 3.07. The zero-order valence-corrected chi connectivity index (χ0v) is 12.7. The monoisotopic (exact) mass is 289 g/mol. The first-order valence-electron chi connectivity index (χ1n) is 7.59. The lowest BCUT2D eigenvalue weighted by molar-refractivity contribution is -0.142. The number of nitrogens with one attached hydrogen (secondary N) is 1. The number of hydrogen-bond donors (Lipinski definition) is 2. The Morgan fingerprint density at radius 2 is 1.67 bits per heavy atom. The van der Waals surface area contributed by atoms with Gasteiger partial charge in [-0.05, 0) is 38.8 Å². The third kappa shape index (κ3) is 4.06. The van der Waals surface area contributed by atoms with Crippen LogP contribution in [0.25, 0.3) is 0 Å². The van der Waals surface area contributed by atoms with Crippen molar-refractivity contribution in [2.75, 3.05) is 0 Å². The Kier molecular flexibility index (Phi) is 4.99. The van der Waals surface area contributed by atoms with Crippen LogP contribution in [-0.2, 0) is 4.79 Å². The van der Waals surface area contributed by atoms with Gasteiger partial charge in [-0.15, -0.1) is 0 Å². The molecule has 2 atom stereocenters. The summed E-state index contributed by atoms with van der Waals surface area (Å²) in [6.07, 6.45) is 4.33. The van der Waals surface area contributed by atoms with Crippen molar-refractivity contribution in [3.05, 3.63) is 34.9 Å². The van der Waals surface area contributed by atoms with Gasteiger partial charge in [-0.25, -0.2) is 0 Å². The lowest BCUT2D eigenvalue weighted by atomic mass is 9.94. The van der Waals surface area contributed by atoms with E-state index in [9.17, 15) is 14.7 Å². The van der Waals surface area contributed by atoms with E-state index >= 15 is 0 Å². The average molecular weight is 289 g/mol. The second kappa shape index (κ2) is 6.74. The normalized spacial score (nSPS) is 22.4. The van der Waals surface area contributed by atoms with E-state index in [4.69, 9.17) is 0 Å². The van der Waals surface area contributed by atoms with Gasteiger partial charge in [0.15, 0.2) is 0 Å². The SMILES string of the molecule is Cc1cc(C)cc(C(=O)N[C@H]2CCCCC[C@H]2C(=O)O)c1. The van der Waals surface area contributed by atoms with E-state index < -0.39 is 11.9 Å². The van der Waals surface area contributed by atoms with Gasteiger partial charge < -0.3 is 10.4 Å². The molecular formula is C17H23NO3. The summed E-state index contributed by atoms with van der Waals surface area (Å²) in [6, 6.07) is 5.44. The van der Waals surface area contributed by atoms with Crippen molar-refractivity contribution in [2.45, 2.75) is 52.0 Å². The number of carboxylic acids is 1. The van der Waals surface area contributed by atoms with Crippen LogP contribution < -0.4 is 5.32 Å². The van der Waals surface area contributed by atoms with E-state index in [0.717, 1.165) is 36.8 Å². The van der Waals surface area contributed by atoms with Crippen LogP contribution in [0.3, 0.4) is 0 Å². The van der Waals surface area contributed by atoms with Crippen LogP contribution in [-0.4, -0.2) is 23.0 Å². The summed E-state index contributed by atoms with van der Waals surface area (Å²) in [7, 11) is 0. The lowest BCUT2D eigenvalue weighted by Gasteiger charge is -2.23. The molecule has 0 radical (unpaired) electrons. The second-order valence-corrected chi connectivity index (χ2v) is 6.04. The first-order chi connectivity index (χ1) is 9.97. The molecule has 0 heterocycles. The zero-order valence-electron chi connectivity index (χ0n) is 12.7. The quantitative estimate of drug-likeness (QED) is 0.840. The number of carboxylic acid groups (broad SMARTS) is 1. The number of amides is 1. The van der Waals surface area contributed by atoms with Crippen molar-refractivity contribution in [1.82, 2.24) is 5.32 Å². The molecule has 0 saturated heterocycles. The number of hydrogen-bond acceptors (Lipinski definition) is 2. The summed E-state index contributed by atoms with van der Waals surface area (Å²) in [5.41, 5.74) is 2.69. The summed E-state index contributed by atoms with van der Waals surface area (Å²) in [5.74, 6) is -1.44. The fraction of sp³-hybridized carbons (Fsp3) is 0.529. The second-order valence-electron chi connectivity index (χ2n) is 6.04. The number of aryl methyl sites for hydroxylation is 2. The maximum Gasteiger partial charge on any atom is 0.308 e. The predicted molar refractivity (Wildman–Crippen MR) is 81.4 cm³/mol. The van der Waals surface area contributed by atoms with Gasteiger partial charge in [0, 0.05) is 11.6 Å². The number of benzene rings is 1. The molecule has 1 saturated carbocycles. The molecular weight excluding hydrogens is 266 g/mol. The molecule has 21 heavy (non-hydrogen) atoms. The highest BCUT2D eigenvalue weighted by atomic mass is 16.4. The summed E-state index contributed by atoms with van der Waals surface area (Å²) in [5, 5.41) is 12.3. The molecule has 4 nitrogen and oxygen atoms in total. The average Bonchev–Trinajstić information content (AvgIpc) is 2.63. The summed E-state index contributed by atoms with van der Waals surface area (Å²) in [4.78, 5) is 23.8. The molecule has 1 fully saturated rings. The number of rotatable bonds is 3. The maximum atomic E-state index is 12.4. The molecule has 2 rings (SSSR count). The minimum atomic E-state index is -0.803. The van der Waals surface area contributed by atoms with Gasteiger partial charge in [-0.1, -0.05) is 36.5 Å². The standard InChI is InChI=1S/C17H23NO3/c1-11-8-12(2)10-13(9-11)16(19)18-15-7-5-3-4-6-14(15)17(20)21/h8-10,14-15H,3-7H2,1-2H3,(H,18,19)(H,20,21)/t14-,15+/m1/s1. The van der Waals surface area contributed by atoms with Crippen LogP contribution in [0.4, 0.5) is 0 Å². The highest BCUT2D eigenvalue weighted by molar-refractivity contribution is 5.95. The van der Waals surface area contributed by atoms with Crippen molar-refractivity contribution in [1.29, 1.82) is 0 Å². The molecule has 0 unspecified atom stereocenters. The van der Waals surface area contributed by atoms with Gasteiger partial charge in [-0.2, -0.15) is 0 Å². The number of carbonyl (C=O) groups is 2. The van der Waals surface area contributed by atoms with Crippen molar-refractivity contribution in [2.24, 2.45) is 5.92 Å². The van der Waals surface area contributed by atoms with Gasteiger partial charge in [0.1, 0.15) is 0 Å². The van der Waals surface area contributed by atoms with E-state index in [1.54, 1.807) is 0 Å². The molecule has 0 spiro atoms. The largest absolute Gasteiger partial charge is 0.481 e. The van der Waals surface area contributed by atoms with Gasteiger partial charge in [0.25, 0.3) is 5.91 Å². The summed E-state index contributed by atoms with van der Waals surface area (Å²) < 4.78 is 0. The molecule has 1 aliphatic rings. The minimum Gasteiger partial charge on any atom is -0.481 e. The smallest absolute Gasteiger partial charge is 0.308 e. The van der Waals surface area contributed by atoms with Crippen molar-refractivity contribution in [3.8, 4) is 0 Å². The Balaban J connectivity index is 2.14. The van der Waals surface area contributed by atoms with Crippen LogP contribution in [0.1, 0.15) is 53.6 Å². The summed E-state index contributed by atoms with van der Waals surface area (Å²) in [6.45, 7) is 3.91. The van der Waals surface area contributed by atoms with Crippen molar-refractivity contribution < 1.29 is 14.7 Å². The third-order valence-corrected chi connectivity index (χ3v) is 4.13. The molecule has 4 heteroatoms. The Hall–Kier alpha value is -1.84.